The van der Waals surface area contributed by atoms with E-state index in [0.29, 0.717) is 6.04 Å². The predicted molar refractivity (Wildman–Crippen MR) is 79.6 cm³/mol. The van der Waals surface area contributed by atoms with Gasteiger partial charge in [0, 0.05) is 17.5 Å². The van der Waals surface area contributed by atoms with Gasteiger partial charge in [-0.1, -0.05) is 29.8 Å². The highest BCUT2D eigenvalue weighted by atomic mass is 32.2. The zero-order valence-electron chi connectivity index (χ0n) is 11.7. The zero-order chi connectivity index (χ0) is 13.6. The second-order valence-corrected chi connectivity index (χ2v) is 6.21. The fraction of sp³-hybridized carbons (Fsp3) is 0.533. The Kier molecular flexibility index (Phi) is 5.71. The minimum absolute atomic E-state index is 0.328. The van der Waals surface area contributed by atoms with Crippen LogP contribution in [0.1, 0.15) is 31.9 Å². The number of hydrogen-bond donors (Lipinski definition) is 1. The van der Waals surface area contributed by atoms with Gasteiger partial charge >= 0.3 is 0 Å². The van der Waals surface area contributed by atoms with Gasteiger partial charge in [-0.05, 0) is 33.3 Å². The van der Waals surface area contributed by atoms with Gasteiger partial charge in [0.1, 0.15) is 5.54 Å². The monoisotopic (exact) mass is 262 g/mol. The third kappa shape index (κ3) is 5.12. The lowest BCUT2D eigenvalue weighted by atomic mass is 10.1. The summed E-state index contributed by atoms with van der Waals surface area (Å²) in [7, 11) is 0. The fourth-order valence-corrected chi connectivity index (χ4v) is 2.99. The maximum absolute atomic E-state index is 9.25. The molecule has 1 aromatic carbocycles. The first-order chi connectivity index (χ1) is 8.45. The van der Waals surface area contributed by atoms with E-state index < -0.39 is 5.54 Å². The van der Waals surface area contributed by atoms with Gasteiger partial charge in [0.15, 0.2) is 0 Å². The number of thioether (sulfide) groups is 1. The first-order valence-corrected chi connectivity index (χ1v) is 7.43. The van der Waals surface area contributed by atoms with Crippen molar-refractivity contribution in [1.29, 1.82) is 5.26 Å². The number of nitrogens with zero attached hydrogens (tertiary/aromatic N) is 1. The molecule has 0 aliphatic carbocycles. The van der Waals surface area contributed by atoms with E-state index in [1.54, 1.807) is 11.8 Å². The Morgan fingerprint density at radius 1 is 1.44 bits per heavy atom. The second-order valence-electron chi connectivity index (χ2n) is 5.22. The molecule has 0 radical (unpaired) electrons. The summed E-state index contributed by atoms with van der Waals surface area (Å²) in [6.07, 6.45) is 0. The van der Waals surface area contributed by atoms with Gasteiger partial charge in [0.2, 0.25) is 0 Å². The molecule has 2 nitrogen and oxygen atoms in total. The fourth-order valence-electron chi connectivity index (χ4n) is 1.92. The summed E-state index contributed by atoms with van der Waals surface area (Å²) in [6, 6.07) is 11.2. The molecule has 1 unspecified atom stereocenters. The SMILES string of the molecule is Cc1cccc(CSCC(C)(C#N)NC(C)C)c1. The highest BCUT2D eigenvalue weighted by molar-refractivity contribution is 7.98. The lowest BCUT2D eigenvalue weighted by Crippen LogP contribution is -2.47. The van der Waals surface area contributed by atoms with Gasteiger partial charge in [-0.25, -0.2) is 0 Å². The number of nitriles is 1. The lowest BCUT2D eigenvalue weighted by molar-refractivity contribution is 0.443. The van der Waals surface area contributed by atoms with Crippen molar-refractivity contribution in [3.63, 3.8) is 0 Å². The normalized spacial score (nSPS) is 14.2. The topological polar surface area (TPSA) is 35.8 Å². The van der Waals surface area contributed by atoms with E-state index in [9.17, 15) is 5.26 Å². The van der Waals surface area contributed by atoms with Crippen LogP contribution in [0.25, 0.3) is 0 Å². The van der Waals surface area contributed by atoms with Crippen LogP contribution in [0.4, 0.5) is 0 Å². The molecule has 0 heterocycles. The molecule has 0 spiro atoms. The van der Waals surface area contributed by atoms with Crippen LogP contribution >= 0.6 is 11.8 Å². The number of aryl methyl sites for hydroxylation is 1. The molecule has 1 atom stereocenters. The number of benzene rings is 1. The third-order valence-corrected chi connectivity index (χ3v) is 3.91. The molecule has 1 rings (SSSR count). The molecule has 0 bridgehead atoms. The smallest absolute Gasteiger partial charge is 0.113 e. The average molecular weight is 262 g/mol. The van der Waals surface area contributed by atoms with Gasteiger partial charge in [-0.15, -0.1) is 0 Å². The van der Waals surface area contributed by atoms with Crippen LogP contribution in [-0.4, -0.2) is 17.3 Å². The van der Waals surface area contributed by atoms with Gasteiger partial charge in [-0.2, -0.15) is 17.0 Å². The Hall–Kier alpha value is -0.980. The Bertz CT molecular complexity index is 423. The first-order valence-electron chi connectivity index (χ1n) is 6.27. The van der Waals surface area contributed by atoms with Gasteiger partial charge in [0.25, 0.3) is 0 Å². The molecule has 0 saturated heterocycles. The van der Waals surface area contributed by atoms with Crippen LogP contribution < -0.4 is 5.32 Å². The first kappa shape index (κ1) is 15.1. The molecule has 1 aromatic rings. The molecule has 98 valence electrons. The van der Waals surface area contributed by atoms with Crippen LogP contribution in [0, 0.1) is 18.3 Å². The van der Waals surface area contributed by atoms with Gasteiger partial charge in [0.05, 0.1) is 6.07 Å². The summed E-state index contributed by atoms with van der Waals surface area (Å²) in [4.78, 5) is 0. The van der Waals surface area contributed by atoms with E-state index >= 15 is 0 Å². The van der Waals surface area contributed by atoms with E-state index in [2.05, 4.69) is 56.4 Å². The molecule has 0 saturated carbocycles. The van der Waals surface area contributed by atoms with Crippen molar-refractivity contribution in [3.05, 3.63) is 35.4 Å². The number of nitrogens with one attached hydrogen (secondary N) is 1. The molecule has 1 N–H and O–H groups in total. The summed E-state index contributed by atoms with van der Waals surface area (Å²) in [5.41, 5.74) is 2.17. The summed E-state index contributed by atoms with van der Waals surface area (Å²) in [6.45, 7) is 8.21. The van der Waals surface area contributed by atoms with E-state index in [0.717, 1.165) is 11.5 Å². The molecule has 3 heteroatoms. The maximum Gasteiger partial charge on any atom is 0.113 e. The summed E-state index contributed by atoms with van der Waals surface area (Å²) >= 11 is 1.80. The van der Waals surface area contributed by atoms with Crippen molar-refractivity contribution in [2.24, 2.45) is 0 Å². The van der Waals surface area contributed by atoms with Crippen LogP contribution in [0.3, 0.4) is 0 Å². The third-order valence-electron chi connectivity index (χ3n) is 2.60. The molecule has 0 aliphatic rings. The molecular weight excluding hydrogens is 240 g/mol. The maximum atomic E-state index is 9.25. The summed E-state index contributed by atoms with van der Waals surface area (Å²) in [5.74, 6) is 1.76. The van der Waals surface area contributed by atoms with E-state index in [1.165, 1.54) is 11.1 Å². The lowest BCUT2D eigenvalue weighted by Gasteiger charge is -2.25. The summed E-state index contributed by atoms with van der Waals surface area (Å²) < 4.78 is 0. The highest BCUT2D eigenvalue weighted by Crippen LogP contribution is 2.19. The van der Waals surface area contributed by atoms with Gasteiger partial charge in [-0.3, -0.25) is 5.32 Å². The zero-order valence-corrected chi connectivity index (χ0v) is 12.5. The molecule has 0 aliphatic heterocycles. The molecule has 0 fully saturated rings. The molecule has 18 heavy (non-hydrogen) atoms. The predicted octanol–water partition coefficient (Wildman–Crippen LogP) is 3.51. The van der Waals surface area contributed by atoms with Gasteiger partial charge < -0.3 is 0 Å². The highest BCUT2D eigenvalue weighted by Gasteiger charge is 2.23. The largest absolute Gasteiger partial charge is 0.297 e. The average Bonchev–Trinajstić information content (AvgIpc) is 2.28. The van der Waals surface area contributed by atoms with Crippen molar-refractivity contribution >= 4 is 11.8 Å². The number of rotatable bonds is 6. The number of hydrogen-bond acceptors (Lipinski definition) is 3. The second kappa shape index (κ2) is 6.82. The van der Waals surface area contributed by atoms with Crippen molar-refractivity contribution in [2.45, 2.75) is 45.0 Å². The quantitative estimate of drug-likeness (QED) is 0.852. The summed E-state index contributed by atoms with van der Waals surface area (Å²) in [5, 5.41) is 12.6. The van der Waals surface area contributed by atoms with Crippen molar-refractivity contribution in [3.8, 4) is 6.07 Å². The van der Waals surface area contributed by atoms with Crippen molar-refractivity contribution < 1.29 is 0 Å². The van der Waals surface area contributed by atoms with E-state index in [4.69, 9.17) is 0 Å². The molecular formula is C15H22N2S. The van der Waals surface area contributed by atoms with Crippen LogP contribution in [0.15, 0.2) is 24.3 Å². The molecule has 0 amide bonds. The minimum Gasteiger partial charge on any atom is -0.297 e. The van der Waals surface area contributed by atoms with Crippen LogP contribution in [0.2, 0.25) is 0 Å². The Labute approximate surface area is 115 Å². The van der Waals surface area contributed by atoms with E-state index in [1.807, 2.05) is 6.92 Å². The Balaban J connectivity index is 2.47. The minimum atomic E-state index is -0.442. The van der Waals surface area contributed by atoms with E-state index in [-0.39, 0.29) is 0 Å². The Morgan fingerprint density at radius 2 is 2.17 bits per heavy atom. The standard InChI is InChI=1S/C15H22N2S/c1-12(2)17-15(4,10-16)11-18-9-14-7-5-6-13(3)8-14/h5-8,12,17H,9,11H2,1-4H3. The van der Waals surface area contributed by atoms with Crippen LogP contribution in [0.5, 0.6) is 0 Å². The van der Waals surface area contributed by atoms with Crippen LogP contribution in [-0.2, 0) is 5.75 Å². The Morgan fingerprint density at radius 3 is 2.72 bits per heavy atom. The molecule has 0 aromatic heterocycles. The van der Waals surface area contributed by atoms with Crippen molar-refractivity contribution in [2.75, 3.05) is 5.75 Å². The van der Waals surface area contributed by atoms with Crippen molar-refractivity contribution in [1.82, 2.24) is 5.32 Å².